The Morgan fingerprint density at radius 1 is 0.439 bits per heavy atom. The van der Waals surface area contributed by atoms with Crippen molar-refractivity contribution in [1.29, 1.82) is 5.26 Å². The lowest BCUT2D eigenvalue weighted by Gasteiger charge is -2.09. The zero-order chi connectivity index (χ0) is 27.1. The lowest BCUT2D eigenvalue weighted by Crippen LogP contribution is -1.94. The number of furan rings is 1. The third-order valence-electron chi connectivity index (χ3n) is 8.33. The Labute approximate surface area is 234 Å². The van der Waals surface area contributed by atoms with Gasteiger partial charge in [-0.15, -0.1) is 0 Å². The van der Waals surface area contributed by atoms with E-state index < -0.39 is 0 Å². The molecule has 0 bridgehead atoms. The van der Waals surface area contributed by atoms with Gasteiger partial charge in [-0.1, -0.05) is 54.6 Å². The van der Waals surface area contributed by atoms with Gasteiger partial charge in [0.15, 0.2) is 0 Å². The van der Waals surface area contributed by atoms with E-state index in [-0.39, 0.29) is 0 Å². The maximum atomic E-state index is 9.53. The standard InChI is InChI=1S/C37H21N3O/c38-22-23-13-16-35-29(19-23)28-9-3-6-12-34(28)40(35)25-15-18-37-31(21-25)30-20-24(14-17-36(30)41-37)39-32-10-4-1-7-26(32)27-8-2-5-11-33(27)39/h1-21H. The second-order valence-electron chi connectivity index (χ2n) is 10.5. The molecule has 0 atom stereocenters. The first-order chi connectivity index (χ1) is 20.3. The third-order valence-corrected chi connectivity index (χ3v) is 8.33. The molecule has 41 heavy (non-hydrogen) atoms. The van der Waals surface area contributed by atoms with Crippen molar-refractivity contribution in [3.8, 4) is 17.4 Å². The Balaban J connectivity index is 1.31. The minimum absolute atomic E-state index is 0.661. The average Bonchev–Trinajstić information content (AvgIpc) is 3.67. The molecule has 4 nitrogen and oxygen atoms in total. The number of benzene rings is 6. The Kier molecular flexibility index (Phi) is 4.37. The van der Waals surface area contributed by atoms with Gasteiger partial charge in [0.1, 0.15) is 11.2 Å². The van der Waals surface area contributed by atoms with Crippen molar-refractivity contribution in [2.45, 2.75) is 0 Å². The number of nitriles is 1. The highest BCUT2D eigenvalue weighted by Gasteiger charge is 2.17. The molecule has 6 aromatic carbocycles. The van der Waals surface area contributed by atoms with E-state index in [0.29, 0.717) is 5.56 Å². The maximum absolute atomic E-state index is 9.53. The fourth-order valence-electron chi connectivity index (χ4n) is 6.55. The Morgan fingerprint density at radius 3 is 1.41 bits per heavy atom. The largest absolute Gasteiger partial charge is 0.456 e. The van der Waals surface area contributed by atoms with Gasteiger partial charge >= 0.3 is 0 Å². The van der Waals surface area contributed by atoms with Crippen LogP contribution < -0.4 is 0 Å². The third kappa shape index (κ3) is 3.03. The van der Waals surface area contributed by atoms with Crippen LogP contribution in [0.25, 0.3) is 76.9 Å². The molecule has 4 heteroatoms. The van der Waals surface area contributed by atoms with Gasteiger partial charge in [0.2, 0.25) is 0 Å². The Hall–Kier alpha value is -5.79. The fraction of sp³-hybridized carbons (Fsp3) is 0. The summed E-state index contributed by atoms with van der Waals surface area (Å²) in [6.45, 7) is 0. The van der Waals surface area contributed by atoms with Gasteiger partial charge in [0, 0.05) is 43.7 Å². The first kappa shape index (κ1) is 22.1. The first-order valence-electron chi connectivity index (χ1n) is 13.7. The molecule has 0 aliphatic heterocycles. The van der Waals surface area contributed by atoms with Gasteiger partial charge in [0.25, 0.3) is 0 Å². The van der Waals surface area contributed by atoms with Gasteiger partial charge in [-0.3, -0.25) is 0 Å². The molecule has 0 saturated heterocycles. The van der Waals surface area contributed by atoms with Gasteiger partial charge in [0.05, 0.1) is 33.7 Å². The van der Waals surface area contributed by atoms with Crippen molar-refractivity contribution in [2.75, 3.05) is 0 Å². The molecular weight excluding hydrogens is 502 g/mol. The molecule has 0 radical (unpaired) electrons. The SMILES string of the molecule is N#Cc1ccc2c(c1)c1ccccc1n2-c1ccc2oc3ccc(-n4c5ccccc5c5ccccc54)cc3c2c1. The van der Waals surface area contributed by atoms with Crippen LogP contribution in [0.15, 0.2) is 132 Å². The van der Waals surface area contributed by atoms with Crippen LogP contribution in [0, 0.1) is 11.3 Å². The van der Waals surface area contributed by atoms with Gasteiger partial charge in [-0.2, -0.15) is 5.26 Å². The van der Waals surface area contributed by atoms with Crippen molar-refractivity contribution in [2.24, 2.45) is 0 Å². The van der Waals surface area contributed by atoms with Crippen LogP contribution in [0.3, 0.4) is 0 Å². The summed E-state index contributed by atoms with van der Waals surface area (Å²) in [4.78, 5) is 0. The Morgan fingerprint density at radius 2 is 0.902 bits per heavy atom. The van der Waals surface area contributed by atoms with Crippen LogP contribution in [0.5, 0.6) is 0 Å². The molecule has 0 saturated carbocycles. The number of aromatic nitrogens is 2. The number of para-hydroxylation sites is 3. The van der Waals surface area contributed by atoms with Crippen LogP contribution in [0.1, 0.15) is 5.56 Å². The summed E-state index contributed by atoms with van der Waals surface area (Å²) in [6, 6.07) is 46.6. The van der Waals surface area contributed by atoms with E-state index in [4.69, 9.17) is 4.42 Å². The zero-order valence-electron chi connectivity index (χ0n) is 21.9. The highest BCUT2D eigenvalue weighted by atomic mass is 16.3. The second-order valence-corrected chi connectivity index (χ2v) is 10.5. The highest BCUT2D eigenvalue weighted by molar-refractivity contribution is 6.12. The molecule has 9 aromatic rings. The zero-order valence-corrected chi connectivity index (χ0v) is 21.9. The number of nitrogens with zero attached hydrogens (tertiary/aromatic N) is 3. The highest BCUT2D eigenvalue weighted by Crippen LogP contribution is 2.38. The summed E-state index contributed by atoms with van der Waals surface area (Å²) in [5.74, 6) is 0. The van der Waals surface area contributed by atoms with E-state index in [1.165, 1.54) is 21.8 Å². The molecule has 190 valence electrons. The number of hydrogen-bond acceptors (Lipinski definition) is 2. The van der Waals surface area contributed by atoms with E-state index in [1.54, 1.807) is 0 Å². The van der Waals surface area contributed by atoms with Gasteiger partial charge < -0.3 is 13.6 Å². The van der Waals surface area contributed by atoms with Crippen molar-refractivity contribution in [3.05, 3.63) is 133 Å². The summed E-state index contributed by atoms with van der Waals surface area (Å²) in [6.07, 6.45) is 0. The van der Waals surface area contributed by atoms with E-state index in [2.05, 4.69) is 118 Å². The summed E-state index contributed by atoms with van der Waals surface area (Å²) in [5, 5.41) is 16.4. The molecule has 3 aromatic heterocycles. The van der Waals surface area contributed by atoms with Crippen molar-refractivity contribution >= 4 is 65.6 Å². The average molecular weight is 524 g/mol. The first-order valence-corrected chi connectivity index (χ1v) is 13.7. The van der Waals surface area contributed by atoms with Crippen LogP contribution in [-0.4, -0.2) is 9.13 Å². The van der Waals surface area contributed by atoms with E-state index >= 15 is 0 Å². The van der Waals surface area contributed by atoms with E-state index in [0.717, 1.165) is 55.1 Å². The summed E-state index contributed by atoms with van der Waals surface area (Å²) >= 11 is 0. The van der Waals surface area contributed by atoms with Gasteiger partial charge in [-0.25, -0.2) is 0 Å². The molecule has 0 amide bonds. The predicted octanol–water partition coefficient (Wildman–Crippen LogP) is 9.65. The molecule has 0 aliphatic rings. The second kappa shape index (κ2) is 8.11. The summed E-state index contributed by atoms with van der Waals surface area (Å²) in [5.41, 5.74) is 9.08. The smallest absolute Gasteiger partial charge is 0.135 e. The molecule has 9 rings (SSSR count). The Bertz CT molecular complexity index is 2500. The quantitative estimate of drug-likeness (QED) is 0.226. The van der Waals surface area contributed by atoms with Gasteiger partial charge in [-0.05, 0) is 72.8 Å². The molecule has 0 fully saturated rings. The predicted molar refractivity (Wildman–Crippen MR) is 167 cm³/mol. The number of fused-ring (bicyclic) bond motifs is 9. The van der Waals surface area contributed by atoms with Crippen LogP contribution in [0.4, 0.5) is 0 Å². The topological polar surface area (TPSA) is 46.8 Å². The minimum atomic E-state index is 0.661. The van der Waals surface area contributed by atoms with E-state index in [1.807, 2.05) is 24.3 Å². The monoisotopic (exact) mass is 523 g/mol. The normalized spacial score (nSPS) is 11.9. The molecule has 0 spiro atoms. The van der Waals surface area contributed by atoms with Crippen LogP contribution >= 0.6 is 0 Å². The number of hydrogen-bond donors (Lipinski definition) is 0. The minimum Gasteiger partial charge on any atom is -0.456 e. The summed E-state index contributed by atoms with van der Waals surface area (Å²) < 4.78 is 10.9. The fourth-order valence-corrected chi connectivity index (χ4v) is 6.55. The molecule has 0 unspecified atom stereocenters. The molecule has 0 aliphatic carbocycles. The van der Waals surface area contributed by atoms with Crippen LogP contribution in [-0.2, 0) is 0 Å². The summed E-state index contributed by atoms with van der Waals surface area (Å²) in [7, 11) is 0. The van der Waals surface area contributed by atoms with E-state index in [9.17, 15) is 5.26 Å². The lowest BCUT2D eigenvalue weighted by molar-refractivity contribution is 0.669. The van der Waals surface area contributed by atoms with Crippen LogP contribution in [0.2, 0.25) is 0 Å². The number of rotatable bonds is 2. The maximum Gasteiger partial charge on any atom is 0.135 e. The lowest BCUT2D eigenvalue weighted by atomic mass is 10.1. The molecular formula is C37H21N3O. The molecule has 3 heterocycles. The molecule has 0 N–H and O–H groups in total. The van der Waals surface area contributed by atoms with Crippen molar-refractivity contribution in [3.63, 3.8) is 0 Å². The van der Waals surface area contributed by atoms with Crippen molar-refractivity contribution in [1.82, 2.24) is 9.13 Å². The van der Waals surface area contributed by atoms with Crippen molar-refractivity contribution < 1.29 is 4.42 Å².